The van der Waals surface area contributed by atoms with Crippen molar-refractivity contribution in [3.63, 3.8) is 0 Å². The van der Waals surface area contributed by atoms with Crippen LogP contribution in [-0.4, -0.2) is 13.4 Å². The molecular weight excluding hydrogens is 290 g/mol. The first-order valence-corrected chi connectivity index (χ1v) is 7.62. The minimum atomic E-state index is -3.91. The number of H-pyrrole nitrogens is 1. The molecule has 0 bridgehead atoms. The van der Waals surface area contributed by atoms with Crippen molar-refractivity contribution in [2.45, 2.75) is 17.9 Å². The van der Waals surface area contributed by atoms with Crippen LogP contribution in [0.4, 0.5) is 0 Å². The van der Waals surface area contributed by atoms with Gasteiger partial charge in [-0.25, -0.2) is 13.1 Å². The van der Waals surface area contributed by atoms with Gasteiger partial charge < -0.3 is 4.98 Å². The van der Waals surface area contributed by atoms with Crippen LogP contribution in [-0.2, 0) is 10.0 Å². The smallest absolute Gasteiger partial charge is 0.246 e. The van der Waals surface area contributed by atoms with Crippen molar-refractivity contribution >= 4 is 10.0 Å². The molecule has 2 rings (SSSR count). The van der Waals surface area contributed by atoms with Gasteiger partial charge in [0.05, 0.1) is 11.6 Å². The van der Waals surface area contributed by atoms with E-state index in [9.17, 15) is 13.2 Å². The van der Waals surface area contributed by atoms with Gasteiger partial charge in [0.15, 0.2) is 0 Å². The zero-order valence-electron chi connectivity index (χ0n) is 11.2. The van der Waals surface area contributed by atoms with Gasteiger partial charge in [-0.3, -0.25) is 4.79 Å². The van der Waals surface area contributed by atoms with Crippen molar-refractivity contribution in [2.24, 2.45) is 0 Å². The molecule has 0 aliphatic heterocycles. The molecular formula is C14H13N3O3S. The lowest BCUT2D eigenvalue weighted by Gasteiger charge is -2.14. The third-order valence-electron chi connectivity index (χ3n) is 2.95. The van der Waals surface area contributed by atoms with Crippen LogP contribution < -0.4 is 10.2 Å². The SMILES string of the molecule is CC(NS(=O)(=O)c1c[nH]ccc1=O)c1ccc(C#N)cc1. The number of nitrogens with zero attached hydrogens (tertiary/aromatic N) is 1. The molecule has 21 heavy (non-hydrogen) atoms. The van der Waals surface area contributed by atoms with E-state index in [-0.39, 0.29) is 4.90 Å². The molecule has 1 unspecified atom stereocenters. The Morgan fingerprint density at radius 2 is 1.90 bits per heavy atom. The minimum absolute atomic E-state index is 0.328. The molecule has 0 amide bonds. The van der Waals surface area contributed by atoms with Gasteiger partial charge in [0, 0.05) is 24.5 Å². The van der Waals surface area contributed by atoms with E-state index in [1.165, 1.54) is 6.20 Å². The van der Waals surface area contributed by atoms with E-state index in [1.54, 1.807) is 31.2 Å². The summed E-state index contributed by atoms with van der Waals surface area (Å²) in [6.45, 7) is 1.66. The number of nitrogens with one attached hydrogen (secondary N) is 2. The fourth-order valence-corrected chi connectivity index (χ4v) is 3.11. The monoisotopic (exact) mass is 303 g/mol. The van der Waals surface area contributed by atoms with E-state index in [4.69, 9.17) is 5.26 Å². The molecule has 7 heteroatoms. The number of aromatic nitrogens is 1. The van der Waals surface area contributed by atoms with Crippen molar-refractivity contribution in [1.82, 2.24) is 9.71 Å². The van der Waals surface area contributed by atoms with Crippen LogP contribution in [0.15, 0.2) is 52.4 Å². The highest BCUT2D eigenvalue weighted by molar-refractivity contribution is 7.89. The number of hydrogen-bond acceptors (Lipinski definition) is 4. The summed E-state index contributed by atoms with van der Waals surface area (Å²) in [6.07, 6.45) is 2.52. The zero-order valence-corrected chi connectivity index (χ0v) is 12.0. The fraction of sp³-hybridized carbons (Fsp3) is 0.143. The number of hydrogen-bond donors (Lipinski definition) is 2. The van der Waals surface area contributed by atoms with Crippen LogP contribution in [0.25, 0.3) is 0 Å². The van der Waals surface area contributed by atoms with E-state index in [0.717, 1.165) is 12.3 Å². The average molecular weight is 303 g/mol. The van der Waals surface area contributed by atoms with Crippen LogP contribution in [0.1, 0.15) is 24.1 Å². The molecule has 0 aliphatic rings. The Kier molecular flexibility index (Phi) is 4.21. The highest BCUT2D eigenvalue weighted by Gasteiger charge is 2.20. The van der Waals surface area contributed by atoms with Crippen LogP contribution >= 0.6 is 0 Å². The van der Waals surface area contributed by atoms with Crippen LogP contribution in [0.3, 0.4) is 0 Å². The van der Waals surface area contributed by atoms with E-state index < -0.39 is 21.5 Å². The number of aromatic amines is 1. The van der Waals surface area contributed by atoms with Crippen LogP contribution in [0, 0.1) is 11.3 Å². The number of pyridine rings is 1. The number of benzene rings is 1. The molecule has 2 N–H and O–H groups in total. The average Bonchev–Trinajstić information content (AvgIpc) is 2.47. The second-order valence-corrected chi connectivity index (χ2v) is 6.13. The molecule has 2 aromatic rings. The summed E-state index contributed by atoms with van der Waals surface area (Å²) < 4.78 is 26.8. The third kappa shape index (κ3) is 3.37. The molecule has 0 saturated heterocycles. The molecule has 6 nitrogen and oxygen atoms in total. The minimum Gasteiger partial charge on any atom is -0.366 e. The Labute approximate surface area is 122 Å². The first kappa shape index (κ1) is 15.0. The van der Waals surface area contributed by atoms with Crippen molar-refractivity contribution in [3.8, 4) is 6.07 Å². The standard InChI is InChI=1S/C14H13N3O3S/c1-10(12-4-2-11(8-15)3-5-12)17-21(19,20)14-9-16-7-6-13(14)18/h2-7,9-10,17H,1H3,(H,16,18). The van der Waals surface area contributed by atoms with Crippen molar-refractivity contribution in [2.75, 3.05) is 0 Å². The molecule has 108 valence electrons. The van der Waals surface area contributed by atoms with E-state index in [1.807, 2.05) is 6.07 Å². The highest BCUT2D eigenvalue weighted by Crippen LogP contribution is 2.15. The van der Waals surface area contributed by atoms with Crippen molar-refractivity contribution in [1.29, 1.82) is 5.26 Å². The van der Waals surface area contributed by atoms with E-state index in [0.29, 0.717) is 11.1 Å². The van der Waals surface area contributed by atoms with Crippen molar-refractivity contribution < 1.29 is 8.42 Å². The topological polar surface area (TPSA) is 103 Å². The molecule has 1 atom stereocenters. The fourth-order valence-electron chi connectivity index (χ4n) is 1.82. The normalized spacial score (nSPS) is 12.6. The largest absolute Gasteiger partial charge is 0.366 e. The zero-order chi connectivity index (χ0) is 15.5. The third-order valence-corrected chi connectivity index (χ3v) is 4.51. The Morgan fingerprint density at radius 3 is 2.48 bits per heavy atom. The maximum atomic E-state index is 12.2. The molecule has 1 heterocycles. The number of sulfonamides is 1. The van der Waals surface area contributed by atoms with Gasteiger partial charge >= 0.3 is 0 Å². The van der Waals surface area contributed by atoms with Crippen molar-refractivity contribution in [3.05, 3.63) is 64.1 Å². The molecule has 0 saturated carbocycles. The van der Waals surface area contributed by atoms with Gasteiger partial charge in [-0.1, -0.05) is 12.1 Å². The maximum absolute atomic E-state index is 12.2. The molecule has 0 radical (unpaired) electrons. The second-order valence-electron chi connectivity index (χ2n) is 4.45. The lowest BCUT2D eigenvalue weighted by molar-refractivity contribution is 0.565. The maximum Gasteiger partial charge on any atom is 0.246 e. The summed E-state index contributed by atoms with van der Waals surface area (Å²) in [6, 6.07) is 9.17. The summed E-state index contributed by atoms with van der Waals surface area (Å²) >= 11 is 0. The summed E-state index contributed by atoms with van der Waals surface area (Å²) in [5.74, 6) is 0. The van der Waals surface area contributed by atoms with Gasteiger partial charge in [-0.2, -0.15) is 5.26 Å². The molecule has 0 aliphatic carbocycles. The Hall–Kier alpha value is -2.43. The van der Waals surface area contributed by atoms with Crippen LogP contribution in [0.2, 0.25) is 0 Å². The Balaban J connectivity index is 2.26. The summed E-state index contributed by atoms with van der Waals surface area (Å²) in [5, 5.41) is 8.73. The number of rotatable bonds is 4. The molecule has 0 fully saturated rings. The van der Waals surface area contributed by atoms with E-state index in [2.05, 4.69) is 9.71 Å². The van der Waals surface area contributed by atoms with Gasteiger partial charge in [-0.05, 0) is 24.6 Å². The lowest BCUT2D eigenvalue weighted by atomic mass is 10.1. The first-order chi connectivity index (χ1) is 9.94. The Bertz CT molecular complexity index is 833. The van der Waals surface area contributed by atoms with Gasteiger partial charge in [0.2, 0.25) is 15.5 Å². The van der Waals surface area contributed by atoms with Gasteiger partial charge in [0.1, 0.15) is 4.90 Å². The predicted octanol–water partition coefficient (Wildman–Crippen LogP) is 1.29. The number of nitriles is 1. The van der Waals surface area contributed by atoms with Gasteiger partial charge in [-0.15, -0.1) is 0 Å². The summed E-state index contributed by atoms with van der Waals surface area (Å²) in [5.41, 5.74) is 0.617. The summed E-state index contributed by atoms with van der Waals surface area (Å²) in [7, 11) is -3.91. The highest BCUT2D eigenvalue weighted by atomic mass is 32.2. The first-order valence-electron chi connectivity index (χ1n) is 6.13. The Morgan fingerprint density at radius 1 is 1.24 bits per heavy atom. The quantitative estimate of drug-likeness (QED) is 0.888. The molecule has 1 aromatic carbocycles. The molecule has 0 spiro atoms. The lowest BCUT2D eigenvalue weighted by Crippen LogP contribution is -2.30. The van der Waals surface area contributed by atoms with Gasteiger partial charge in [0.25, 0.3) is 0 Å². The van der Waals surface area contributed by atoms with Crippen LogP contribution in [0.5, 0.6) is 0 Å². The second kappa shape index (κ2) is 5.91. The van der Waals surface area contributed by atoms with E-state index >= 15 is 0 Å². The molecule has 1 aromatic heterocycles. The predicted molar refractivity (Wildman–Crippen MR) is 77.0 cm³/mol. The summed E-state index contributed by atoms with van der Waals surface area (Å²) in [4.78, 5) is 13.8.